The molecular weight excluding hydrogens is 222 g/mol. The molecule has 3 heteroatoms. The van der Waals surface area contributed by atoms with Crippen LogP contribution in [0.3, 0.4) is 0 Å². The molecule has 1 aliphatic heterocycles. The van der Waals surface area contributed by atoms with E-state index in [1.165, 1.54) is 58.4 Å². The van der Waals surface area contributed by atoms with Gasteiger partial charge in [0.25, 0.3) is 0 Å². The summed E-state index contributed by atoms with van der Waals surface area (Å²) in [5.41, 5.74) is 0. The molecule has 0 aliphatic carbocycles. The molecule has 0 spiro atoms. The van der Waals surface area contributed by atoms with E-state index in [1.54, 1.807) is 0 Å². The van der Waals surface area contributed by atoms with Gasteiger partial charge in [-0.1, -0.05) is 6.92 Å². The van der Waals surface area contributed by atoms with Gasteiger partial charge < -0.3 is 15.1 Å². The fourth-order valence-corrected chi connectivity index (χ4v) is 2.50. The highest BCUT2D eigenvalue weighted by Crippen LogP contribution is 2.09. The molecule has 0 aromatic heterocycles. The Kier molecular flexibility index (Phi) is 7.87. The monoisotopic (exact) mass is 255 g/mol. The largest absolute Gasteiger partial charge is 0.314 e. The van der Waals surface area contributed by atoms with E-state index in [2.05, 4.69) is 42.9 Å². The van der Waals surface area contributed by atoms with Gasteiger partial charge in [0.2, 0.25) is 0 Å². The molecule has 1 fully saturated rings. The number of nitrogens with one attached hydrogen (secondary N) is 1. The lowest BCUT2D eigenvalue weighted by atomic mass is 10.0. The molecule has 18 heavy (non-hydrogen) atoms. The highest BCUT2D eigenvalue weighted by Gasteiger charge is 2.16. The summed E-state index contributed by atoms with van der Waals surface area (Å²) in [5.74, 6) is 0. The summed E-state index contributed by atoms with van der Waals surface area (Å²) in [7, 11) is 2.22. The maximum Gasteiger partial charge on any atom is 0.00914 e. The molecule has 1 aliphatic rings. The van der Waals surface area contributed by atoms with Crippen molar-refractivity contribution in [2.45, 2.75) is 58.5 Å². The smallest absolute Gasteiger partial charge is 0.00914 e. The standard InChI is InChI=1S/C15H33N3/c1-5-18-12-8-15(9-13-18)16-10-6-7-11-17(4)14(2)3/h14-16H,5-13H2,1-4H3. The van der Waals surface area contributed by atoms with Gasteiger partial charge in [0.1, 0.15) is 0 Å². The van der Waals surface area contributed by atoms with Crippen molar-refractivity contribution in [1.82, 2.24) is 15.1 Å². The fourth-order valence-electron chi connectivity index (χ4n) is 2.50. The predicted octanol–water partition coefficient (Wildman–Crippen LogP) is 2.18. The van der Waals surface area contributed by atoms with Crippen molar-refractivity contribution < 1.29 is 0 Å². The van der Waals surface area contributed by atoms with Crippen LogP contribution in [0.15, 0.2) is 0 Å². The van der Waals surface area contributed by atoms with Gasteiger partial charge in [-0.2, -0.15) is 0 Å². The Morgan fingerprint density at radius 2 is 1.89 bits per heavy atom. The Bertz CT molecular complexity index is 198. The van der Waals surface area contributed by atoms with Crippen LogP contribution in [0.25, 0.3) is 0 Å². The van der Waals surface area contributed by atoms with Crippen LogP contribution in [-0.2, 0) is 0 Å². The van der Waals surface area contributed by atoms with Crippen molar-refractivity contribution in [3.63, 3.8) is 0 Å². The minimum Gasteiger partial charge on any atom is -0.314 e. The fraction of sp³-hybridized carbons (Fsp3) is 1.00. The lowest BCUT2D eigenvalue weighted by Crippen LogP contribution is -2.42. The average molecular weight is 255 g/mol. The Morgan fingerprint density at radius 3 is 2.44 bits per heavy atom. The van der Waals surface area contributed by atoms with Crippen molar-refractivity contribution in [3.05, 3.63) is 0 Å². The molecule has 0 amide bonds. The van der Waals surface area contributed by atoms with Crippen molar-refractivity contribution in [2.75, 3.05) is 39.8 Å². The number of nitrogens with zero attached hydrogens (tertiary/aromatic N) is 2. The number of rotatable bonds is 8. The van der Waals surface area contributed by atoms with Gasteiger partial charge in [-0.05, 0) is 79.3 Å². The molecule has 0 radical (unpaired) electrons. The second kappa shape index (κ2) is 8.89. The zero-order valence-electron chi connectivity index (χ0n) is 12.9. The number of hydrogen-bond donors (Lipinski definition) is 1. The normalized spacial score (nSPS) is 19.0. The maximum atomic E-state index is 3.72. The summed E-state index contributed by atoms with van der Waals surface area (Å²) >= 11 is 0. The summed E-state index contributed by atoms with van der Waals surface area (Å²) in [6, 6.07) is 1.45. The van der Waals surface area contributed by atoms with Gasteiger partial charge in [0.05, 0.1) is 0 Å². The Balaban J connectivity index is 1.95. The van der Waals surface area contributed by atoms with Gasteiger partial charge in [0, 0.05) is 12.1 Å². The van der Waals surface area contributed by atoms with Gasteiger partial charge in [-0.25, -0.2) is 0 Å². The van der Waals surface area contributed by atoms with Crippen LogP contribution in [0.4, 0.5) is 0 Å². The molecule has 0 unspecified atom stereocenters. The van der Waals surface area contributed by atoms with E-state index in [4.69, 9.17) is 0 Å². The van der Waals surface area contributed by atoms with Gasteiger partial charge in [0.15, 0.2) is 0 Å². The van der Waals surface area contributed by atoms with Gasteiger partial charge in [-0.15, -0.1) is 0 Å². The van der Waals surface area contributed by atoms with E-state index in [9.17, 15) is 0 Å². The Morgan fingerprint density at radius 1 is 1.22 bits per heavy atom. The lowest BCUT2D eigenvalue weighted by molar-refractivity contribution is 0.205. The summed E-state index contributed by atoms with van der Waals surface area (Å²) in [4.78, 5) is 4.98. The van der Waals surface area contributed by atoms with E-state index < -0.39 is 0 Å². The molecule has 0 atom stereocenters. The van der Waals surface area contributed by atoms with Crippen LogP contribution < -0.4 is 5.32 Å². The summed E-state index contributed by atoms with van der Waals surface area (Å²) in [6.45, 7) is 13.0. The number of hydrogen-bond acceptors (Lipinski definition) is 3. The molecule has 3 nitrogen and oxygen atoms in total. The van der Waals surface area contributed by atoms with Crippen LogP contribution in [0.2, 0.25) is 0 Å². The summed E-state index contributed by atoms with van der Waals surface area (Å²) in [6.07, 6.45) is 5.29. The van der Waals surface area contributed by atoms with Crippen LogP contribution in [0.5, 0.6) is 0 Å². The number of piperidine rings is 1. The molecule has 1 saturated heterocycles. The van der Waals surface area contributed by atoms with E-state index in [0.29, 0.717) is 6.04 Å². The number of likely N-dealkylation sites (tertiary alicyclic amines) is 1. The van der Waals surface area contributed by atoms with Crippen LogP contribution in [-0.4, -0.2) is 61.7 Å². The first-order valence-electron chi connectivity index (χ1n) is 7.79. The Labute approximate surface area is 114 Å². The minimum atomic E-state index is 0.677. The second-order valence-corrected chi connectivity index (χ2v) is 5.94. The molecule has 0 aromatic rings. The highest BCUT2D eigenvalue weighted by molar-refractivity contribution is 4.76. The van der Waals surface area contributed by atoms with Gasteiger partial charge >= 0.3 is 0 Å². The van der Waals surface area contributed by atoms with Gasteiger partial charge in [-0.3, -0.25) is 0 Å². The van der Waals surface area contributed by atoms with Crippen molar-refractivity contribution in [2.24, 2.45) is 0 Å². The third-order valence-electron chi connectivity index (χ3n) is 4.29. The molecule has 1 rings (SSSR count). The SMILES string of the molecule is CCN1CCC(NCCCCN(C)C(C)C)CC1. The first kappa shape index (κ1) is 15.9. The first-order valence-corrected chi connectivity index (χ1v) is 7.79. The van der Waals surface area contributed by atoms with Crippen LogP contribution in [0.1, 0.15) is 46.5 Å². The molecule has 0 saturated carbocycles. The van der Waals surface area contributed by atoms with E-state index in [0.717, 1.165) is 6.04 Å². The molecule has 1 heterocycles. The molecule has 108 valence electrons. The van der Waals surface area contributed by atoms with Crippen molar-refractivity contribution in [1.29, 1.82) is 0 Å². The quantitative estimate of drug-likeness (QED) is 0.671. The van der Waals surface area contributed by atoms with E-state index >= 15 is 0 Å². The first-order chi connectivity index (χ1) is 8.63. The van der Waals surface area contributed by atoms with E-state index in [-0.39, 0.29) is 0 Å². The maximum absolute atomic E-state index is 3.72. The van der Waals surface area contributed by atoms with Crippen LogP contribution in [0, 0.1) is 0 Å². The van der Waals surface area contributed by atoms with Crippen molar-refractivity contribution >= 4 is 0 Å². The minimum absolute atomic E-state index is 0.677. The predicted molar refractivity (Wildman–Crippen MR) is 80.1 cm³/mol. The number of unbranched alkanes of at least 4 members (excludes halogenated alkanes) is 1. The highest BCUT2D eigenvalue weighted by atomic mass is 15.1. The third kappa shape index (κ3) is 6.17. The third-order valence-corrected chi connectivity index (χ3v) is 4.29. The summed E-state index contributed by atoms with van der Waals surface area (Å²) in [5, 5.41) is 3.72. The molecule has 1 N–H and O–H groups in total. The van der Waals surface area contributed by atoms with E-state index in [1.807, 2.05) is 0 Å². The zero-order valence-corrected chi connectivity index (χ0v) is 12.9. The second-order valence-electron chi connectivity index (χ2n) is 5.94. The molecule has 0 bridgehead atoms. The topological polar surface area (TPSA) is 18.5 Å². The lowest BCUT2D eigenvalue weighted by Gasteiger charge is -2.31. The molecular formula is C15H33N3. The zero-order chi connectivity index (χ0) is 13.4. The summed E-state index contributed by atoms with van der Waals surface area (Å²) < 4.78 is 0. The Hall–Kier alpha value is -0.120. The van der Waals surface area contributed by atoms with Crippen LogP contribution >= 0.6 is 0 Å². The average Bonchev–Trinajstić information content (AvgIpc) is 2.38. The van der Waals surface area contributed by atoms with Crippen molar-refractivity contribution in [3.8, 4) is 0 Å². The molecule has 0 aromatic carbocycles.